The molecule has 1 N–H and O–H groups in total. The van der Waals surface area contributed by atoms with Crippen molar-refractivity contribution in [3.8, 4) is 0 Å². The van der Waals surface area contributed by atoms with Crippen molar-refractivity contribution in [3.63, 3.8) is 0 Å². The van der Waals surface area contributed by atoms with Gasteiger partial charge in [0.15, 0.2) is 0 Å². The van der Waals surface area contributed by atoms with E-state index in [0.717, 1.165) is 17.1 Å². The average molecular weight is 334 g/mol. The Balaban J connectivity index is 2.22. The van der Waals surface area contributed by atoms with Gasteiger partial charge in [-0.3, -0.25) is 0 Å². The molecule has 6 nitrogen and oxygen atoms in total. The van der Waals surface area contributed by atoms with Gasteiger partial charge in [0.1, 0.15) is 0 Å². The number of hydrogen-bond acceptors (Lipinski definition) is 5. The Morgan fingerprint density at radius 1 is 1.00 bits per heavy atom. The van der Waals surface area contributed by atoms with Crippen LogP contribution in [0.2, 0.25) is 0 Å². The molecule has 1 aromatic carbocycles. The summed E-state index contributed by atoms with van der Waals surface area (Å²) in [7, 11) is -3.43. The first kappa shape index (κ1) is 17.4. The van der Waals surface area contributed by atoms with E-state index < -0.39 is 10.0 Å². The van der Waals surface area contributed by atoms with Crippen LogP contribution in [0.3, 0.4) is 0 Å². The van der Waals surface area contributed by atoms with E-state index in [-0.39, 0.29) is 4.90 Å². The van der Waals surface area contributed by atoms with Crippen molar-refractivity contribution in [1.29, 1.82) is 0 Å². The summed E-state index contributed by atoms with van der Waals surface area (Å²) in [5, 5.41) is 3.09. The number of hydrogen-bond donors (Lipinski definition) is 1. The van der Waals surface area contributed by atoms with Crippen molar-refractivity contribution in [3.05, 3.63) is 41.7 Å². The molecule has 1 aromatic heterocycles. The van der Waals surface area contributed by atoms with Crippen molar-refractivity contribution in [2.24, 2.45) is 0 Å². The molecule has 0 fully saturated rings. The molecule has 0 saturated heterocycles. The van der Waals surface area contributed by atoms with Crippen LogP contribution in [-0.4, -0.2) is 35.8 Å². The SMILES string of the molecule is CCN(CC)S(=O)(=O)c1ccc(Nc2nc(C)cc(C)n2)cc1. The molecule has 0 spiro atoms. The van der Waals surface area contributed by atoms with Gasteiger partial charge in [-0.1, -0.05) is 13.8 Å². The Kier molecular flexibility index (Phi) is 5.33. The highest BCUT2D eigenvalue weighted by molar-refractivity contribution is 7.89. The second-order valence-corrected chi connectivity index (χ2v) is 7.15. The predicted octanol–water partition coefficient (Wildman–Crippen LogP) is 2.87. The number of aromatic nitrogens is 2. The normalized spacial score (nSPS) is 11.7. The van der Waals surface area contributed by atoms with Crippen LogP contribution >= 0.6 is 0 Å². The number of nitrogens with one attached hydrogen (secondary N) is 1. The second-order valence-electron chi connectivity index (χ2n) is 5.21. The smallest absolute Gasteiger partial charge is 0.243 e. The minimum absolute atomic E-state index is 0.285. The van der Waals surface area contributed by atoms with Crippen LogP contribution in [0.15, 0.2) is 35.2 Å². The summed E-state index contributed by atoms with van der Waals surface area (Å²) in [5.41, 5.74) is 2.50. The zero-order valence-corrected chi connectivity index (χ0v) is 14.7. The Morgan fingerprint density at radius 3 is 2.00 bits per heavy atom. The third kappa shape index (κ3) is 4.05. The predicted molar refractivity (Wildman–Crippen MR) is 91.3 cm³/mol. The number of rotatable bonds is 6. The monoisotopic (exact) mass is 334 g/mol. The Hall–Kier alpha value is -1.99. The molecular formula is C16H22N4O2S. The molecule has 7 heteroatoms. The number of benzene rings is 1. The van der Waals surface area contributed by atoms with Gasteiger partial charge in [-0.05, 0) is 44.2 Å². The summed E-state index contributed by atoms with van der Waals surface area (Å²) in [6, 6.07) is 8.52. The van der Waals surface area contributed by atoms with Crippen molar-refractivity contribution in [2.45, 2.75) is 32.6 Å². The van der Waals surface area contributed by atoms with Gasteiger partial charge in [0.2, 0.25) is 16.0 Å². The number of nitrogens with zero attached hydrogens (tertiary/aromatic N) is 3. The molecule has 1 heterocycles. The van der Waals surface area contributed by atoms with Gasteiger partial charge in [0, 0.05) is 30.2 Å². The van der Waals surface area contributed by atoms with Gasteiger partial charge in [-0.2, -0.15) is 4.31 Å². The van der Waals surface area contributed by atoms with E-state index in [9.17, 15) is 8.42 Å². The van der Waals surface area contributed by atoms with E-state index in [1.165, 1.54) is 4.31 Å². The fraction of sp³-hybridized carbons (Fsp3) is 0.375. The van der Waals surface area contributed by atoms with Gasteiger partial charge >= 0.3 is 0 Å². The van der Waals surface area contributed by atoms with E-state index in [0.29, 0.717) is 19.0 Å². The highest BCUT2D eigenvalue weighted by atomic mass is 32.2. The molecule has 0 amide bonds. The zero-order chi connectivity index (χ0) is 17.0. The van der Waals surface area contributed by atoms with Crippen molar-refractivity contribution in [1.82, 2.24) is 14.3 Å². The standard InChI is InChI=1S/C16H22N4O2S/c1-5-20(6-2)23(21,22)15-9-7-14(8-10-15)19-16-17-12(3)11-13(4)18-16/h7-11H,5-6H2,1-4H3,(H,17,18,19). The van der Waals surface area contributed by atoms with Crippen LogP contribution in [0.25, 0.3) is 0 Å². The highest BCUT2D eigenvalue weighted by Crippen LogP contribution is 2.20. The largest absolute Gasteiger partial charge is 0.324 e. The number of anilines is 2. The highest BCUT2D eigenvalue weighted by Gasteiger charge is 2.21. The maximum Gasteiger partial charge on any atom is 0.243 e. The Bertz CT molecular complexity index is 749. The van der Waals surface area contributed by atoms with Gasteiger partial charge < -0.3 is 5.32 Å². The van der Waals surface area contributed by atoms with Gasteiger partial charge in [0.25, 0.3) is 0 Å². The lowest BCUT2D eigenvalue weighted by Crippen LogP contribution is -2.30. The van der Waals surface area contributed by atoms with Crippen molar-refractivity contribution in [2.75, 3.05) is 18.4 Å². The Labute approximate surface area is 137 Å². The maximum atomic E-state index is 12.4. The first-order chi connectivity index (χ1) is 10.9. The van der Waals surface area contributed by atoms with Crippen molar-refractivity contribution >= 4 is 21.7 Å². The summed E-state index contributed by atoms with van der Waals surface area (Å²) in [5.74, 6) is 0.502. The summed E-state index contributed by atoms with van der Waals surface area (Å²) in [4.78, 5) is 8.90. The van der Waals surface area contributed by atoms with E-state index >= 15 is 0 Å². The number of aryl methyl sites for hydroxylation is 2. The van der Waals surface area contributed by atoms with Gasteiger partial charge in [-0.15, -0.1) is 0 Å². The van der Waals surface area contributed by atoms with Crippen LogP contribution < -0.4 is 5.32 Å². The molecule has 0 aliphatic heterocycles. The van der Waals surface area contributed by atoms with E-state index in [1.807, 2.05) is 33.8 Å². The second kappa shape index (κ2) is 7.06. The molecule has 23 heavy (non-hydrogen) atoms. The fourth-order valence-electron chi connectivity index (χ4n) is 2.33. The minimum atomic E-state index is -3.43. The summed E-state index contributed by atoms with van der Waals surface area (Å²) in [6.45, 7) is 8.37. The van der Waals surface area contributed by atoms with Gasteiger partial charge in [-0.25, -0.2) is 18.4 Å². The molecule has 0 aliphatic rings. The first-order valence-corrected chi connectivity index (χ1v) is 9.00. The summed E-state index contributed by atoms with van der Waals surface area (Å²) < 4.78 is 26.3. The molecule has 0 unspecified atom stereocenters. The maximum absolute atomic E-state index is 12.4. The molecular weight excluding hydrogens is 312 g/mol. The summed E-state index contributed by atoms with van der Waals surface area (Å²) in [6.07, 6.45) is 0. The first-order valence-electron chi connectivity index (χ1n) is 7.56. The average Bonchev–Trinajstić information content (AvgIpc) is 2.47. The van der Waals surface area contributed by atoms with E-state index in [2.05, 4.69) is 15.3 Å². The van der Waals surface area contributed by atoms with Crippen LogP contribution in [-0.2, 0) is 10.0 Å². The molecule has 0 radical (unpaired) electrons. The molecule has 2 aromatic rings. The lowest BCUT2D eigenvalue weighted by molar-refractivity contribution is 0.445. The number of sulfonamides is 1. The molecule has 0 atom stereocenters. The molecule has 0 bridgehead atoms. The van der Waals surface area contributed by atoms with Gasteiger partial charge in [0.05, 0.1) is 4.90 Å². The quantitative estimate of drug-likeness (QED) is 0.879. The van der Waals surface area contributed by atoms with Crippen LogP contribution in [0, 0.1) is 13.8 Å². The third-order valence-corrected chi connectivity index (χ3v) is 5.50. The molecule has 2 rings (SSSR count). The molecule has 124 valence electrons. The van der Waals surface area contributed by atoms with E-state index in [1.54, 1.807) is 24.3 Å². The lowest BCUT2D eigenvalue weighted by atomic mass is 10.3. The van der Waals surface area contributed by atoms with Crippen LogP contribution in [0.4, 0.5) is 11.6 Å². The lowest BCUT2D eigenvalue weighted by Gasteiger charge is -2.18. The summed E-state index contributed by atoms with van der Waals surface area (Å²) >= 11 is 0. The third-order valence-electron chi connectivity index (χ3n) is 3.44. The van der Waals surface area contributed by atoms with Crippen molar-refractivity contribution < 1.29 is 8.42 Å². The van der Waals surface area contributed by atoms with Crippen LogP contribution in [0.5, 0.6) is 0 Å². The van der Waals surface area contributed by atoms with E-state index in [4.69, 9.17) is 0 Å². The molecule has 0 saturated carbocycles. The fourth-order valence-corrected chi connectivity index (χ4v) is 3.79. The topological polar surface area (TPSA) is 75.2 Å². The Morgan fingerprint density at radius 2 is 1.52 bits per heavy atom. The zero-order valence-electron chi connectivity index (χ0n) is 13.9. The minimum Gasteiger partial charge on any atom is -0.324 e. The van der Waals surface area contributed by atoms with Crippen LogP contribution in [0.1, 0.15) is 25.2 Å². The molecule has 0 aliphatic carbocycles.